The van der Waals surface area contributed by atoms with Gasteiger partial charge in [-0.2, -0.15) is 0 Å². The summed E-state index contributed by atoms with van der Waals surface area (Å²) in [6.07, 6.45) is 0. The summed E-state index contributed by atoms with van der Waals surface area (Å²) in [7, 11) is 1.63. The number of methoxy groups -OCH3 is 1. The van der Waals surface area contributed by atoms with Gasteiger partial charge in [0, 0.05) is 5.69 Å². The summed E-state index contributed by atoms with van der Waals surface area (Å²) in [6.45, 7) is 5.08. The molecule has 0 atom stereocenters. The maximum absolute atomic E-state index is 5.88. The molecule has 0 saturated heterocycles. The monoisotopic (exact) mass is 313 g/mol. The van der Waals surface area contributed by atoms with E-state index >= 15 is 0 Å². The summed E-state index contributed by atoms with van der Waals surface area (Å²) in [5, 5.41) is 3.08. The highest BCUT2D eigenvalue weighted by Crippen LogP contribution is 2.17. The molecular weight excluding hydrogens is 290 g/mol. The number of guanidine groups is 1. The minimum Gasteiger partial charge on any atom is -0.497 e. The van der Waals surface area contributed by atoms with E-state index in [0.717, 1.165) is 17.2 Å². The van der Waals surface area contributed by atoms with Crippen molar-refractivity contribution < 1.29 is 9.47 Å². The standard InChI is InChI=1S/C18H23N3O2/c1-13-4-5-15(12-14(13)2)21-18(19)20-10-11-23-17-8-6-16(22-3)7-9-17/h4-9,12H,10-11H2,1-3H3,(H3,19,20,21). The Labute approximate surface area is 137 Å². The van der Waals surface area contributed by atoms with Gasteiger partial charge in [-0.25, -0.2) is 4.99 Å². The fraction of sp³-hybridized carbons (Fsp3) is 0.278. The molecule has 23 heavy (non-hydrogen) atoms. The molecule has 0 aromatic heterocycles. The van der Waals surface area contributed by atoms with Gasteiger partial charge in [-0.3, -0.25) is 0 Å². The number of hydrogen-bond acceptors (Lipinski definition) is 3. The van der Waals surface area contributed by atoms with Crippen LogP contribution in [-0.2, 0) is 0 Å². The quantitative estimate of drug-likeness (QED) is 0.488. The predicted octanol–water partition coefficient (Wildman–Crippen LogP) is 3.12. The average Bonchev–Trinajstić information content (AvgIpc) is 2.55. The summed E-state index contributed by atoms with van der Waals surface area (Å²) >= 11 is 0. The lowest BCUT2D eigenvalue weighted by atomic mass is 10.1. The summed E-state index contributed by atoms with van der Waals surface area (Å²) in [4.78, 5) is 4.25. The number of ether oxygens (including phenoxy) is 2. The summed E-state index contributed by atoms with van der Waals surface area (Å²) in [5.41, 5.74) is 9.28. The number of aliphatic imine (C=N–C) groups is 1. The maximum Gasteiger partial charge on any atom is 0.193 e. The van der Waals surface area contributed by atoms with Crippen LogP contribution in [0.15, 0.2) is 47.5 Å². The van der Waals surface area contributed by atoms with Gasteiger partial charge in [-0.05, 0) is 61.4 Å². The van der Waals surface area contributed by atoms with Gasteiger partial charge >= 0.3 is 0 Å². The van der Waals surface area contributed by atoms with E-state index in [1.807, 2.05) is 36.4 Å². The van der Waals surface area contributed by atoms with Gasteiger partial charge in [-0.15, -0.1) is 0 Å². The number of nitrogens with two attached hydrogens (primary N) is 1. The molecule has 2 aromatic rings. The third kappa shape index (κ3) is 5.21. The van der Waals surface area contributed by atoms with Crippen LogP contribution in [0.1, 0.15) is 11.1 Å². The van der Waals surface area contributed by atoms with Crippen molar-refractivity contribution in [1.29, 1.82) is 0 Å². The molecule has 0 saturated carbocycles. The molecule has 0 heterocycles. The molecule has 0 bridgehead atoms. The molecule has 0 aliphatic rings. The smallest absolute Gasteiger partial charge is 0.193 e. The van der Waals surface area contributed by atoms with Gasteiger partial charge in [0.1, 0.15) is 18.1 Å². The van der Waals surface area contributed by atoms with Gasteiger partial charge < -0.3 is 20.5 Å². The van der Waals surface area contributed by atoms with Gasteiger partial charge in [0.15, 0.2) is 5.96 Å². The van der Waals surface area contributed by atoms with Gasteiger partial charge in [-0.1, -0.05) is 6.07 Å². The first-order chi connectivity index (χ1) is 11.1. The SMILES string of the molecule is COc1ccc(OCCN=C(N)Nc2ccc(C)c(C)c2)cc1. The van der Waals surface area contributed by atoms with Crippen LogP contribution in [0.3, 0.4) is 0 Å². The predicted molar refractivity (Wildman–Crippen MR) is 94.5 cm³/mol. The second kappa shape index (κ2) is 8.08. The summed E-state index contributed by atoms with van der Waals surface area (Å²) < 4.78 is 10.7. The normalized spacial score (nSPS) is 11.2. The highest BCUT2D eigenvalue weighted by Gasteiger charge is 1.98. The number of aryl methyl sites for hydroxylation is 2. The van der Waals surface area contributed by atoms with Crippen LogP contribution in [0, 0.1) is 13.8 Å². The van der Waals surface area contributed by atoms with Crippen molar-refractivity contribution in [2.24, 2.45) is 10.7 Å². The number of rotatable bonds is 6. The number of nitrogens with zero attached hydrogens (tertiary/aromatic N) is 1. The Morgan fingerprint density at radius 2 is 1.74 bits per heavy atom. The van der Waals surface area contributed by atoms with E-state index in [-0.39, 0.29) is 0 Å². The van der Waals surface area contributed by atoms with E-state index in [2.05, 4.69) is 30.2 Å². The molecule has 5 nitrogen and oxygen atoms in total. The zero-order chi connectivity index (χ0) is 16.7. The van der Waals surface area contributed by atoms with Gasteiger partial charge in [0.2, 0.25) is 0 Å². The minimum atomic E-state index is 0.381. The Kier molecular flexibility index (Phi) is 5.86. The van der Waals surface area contributed by atoms with Gasteiger partial charge in [0.05, 0.1) is 13.7 Å². The zero-order valence-corrected chi connectivity index (χ0v) is 13.8. The number of hydrogen-bond donors (Lipinski definition) is 2. The van der Waals surface area contributed by atoms with Crippen molar-refractivity contribution in [3.63, 3.8) is 0 Å². The van der Waals surface area contributed by atoms with Crippen molar-refractivity contribution in [1.82, 2.24) is 0 Å². The molecule has 0 amide bonds. The molecule has 0 unspecified atom stereocenters. The molecule has 0 fully saturated rings. The van der Waals surface area contributed by atoms with Crippen molar-refractivity contribution in [3.05, 3.63) is 53.6 Å². The Morgan fingerprint density at radius 1 is 1.04 bits per heavy atom. The lowest BCUT2D eigenvalue weighted by Crippen LogP contribution is -2.23. The Bertz CT molecular complexity index is 666. The summed E-state index contributed by atoms with van der Waals surface area (Å²) in [5.74, 6) is 1.96. The fourth-order valence-electron chi connectivity index (χ4n) is 2.01. The molecule has 3 N–H and O–H groups in total. The highest BCUT2D eigenvalue weighted by atomic mass is 16.5. The highest BCUT2D eigenvalue weighted by molar-refractivity contribution is 5.92. The lowest BCUT2D eigenvalue weighted by Gasteiger charge is -2.09. The number of anilines is 1. The molecule has 0 radical (unpaired) electrons. The third-order valence-corrected chi connectivity index (χ3v) is 3.48. The maximum atomic E-state index is 5.88. The topological polar surface area (TPSA) is 68.9 Å². The van der Waals surface area contributed by atoms with E-state index in [1.54, 1.807) is 7.11 Å². The van der Waals surface area contributed by atoms with Crippen molar-refractivity contribution in [2.45, 2.75) is 13.8 Å². The first kappa shape index (κ1) is 16.7. The first-order valence-corrected chi connectivity index (χ1v) is 7.49. The van der Waals surface area contributed by atoms with E-state index < -0.39 is 0 Å². The molecule has 0 spiro atoms. The van der Waals surface area contributed by atoms with Crippen LogP contribution in [0.4, 0.5) is 5.69 Å². The minimum absolute atomic E-state index is 0.381. The fourth-order valence-corrected chi connectivity index (χ4v) is 2.01. The lowest BCUT2D eigenvalue weighted by molar-refractivity contribution is 0.327. The van der Waals surface area contributed by atoms with E-state index in [1.165, 1.54) is 11.1 Å². The van der Waals surface area contributed by atoms with Crippen LogP contribution < -0.4 is 20.5 Å². The molecule has 2 rings (SSSR count). The summed E-state index contributed by atoms with van der Waals surface area (Å²) in [6, 6.07) is 13.5. The largest absolute Gasteiger partial charge is 0.497 e. The van der Waals surface area contributed by atoms with E-state index in [4.69, 9.17) is 15.2 Å². The van der Waals surface area contributed by atoms with Gasteiger partial charge in [0.25, 0.3) is 0 Å². The average molecular weight is 313 g/mol. The van der Waals surface area contributed by atoms with Crippen LogP contribution in [-0.4, -0.2) is 26.2 Å². The van der Waals surface area contributed by atoms with E-state index in [9.17, 15) is 0 Å². The first-order valence-electron chi connectivity index (χ1n) is 7.49. The second-order valence-electron chi connectivity index (χ2n) is 5.21. The molecular formula is C18H23N3O2. The van der Waals surface area contributed by atoms with Crippen molar-refractivity contribution in [2.75, 3.05) is 25.6 Å². The van der Waals surface area contributed by atoms with Crippen LogP contribution in [0.2, 0.25) is 0 Å². The van der Waals surface area contributed by atoms with Crippen molar-refractivity contribution in [3.8, 4) is 11.5 Å². The second-order valence-corrected chi connectivity index (χ2v) is 5.21. The molecule has 2 aromatic carbocycles. The van der Waals surface area contributed by atoms with Crippen LogP contribution >= 0.6 is 0 Å². The number of nitrogens with one attached hydrogen (secondary N) is 1. The Balaban J connectivity index is 1.78. The Hall–Kier alpha value is -2.69. The van der Waals surface area contributed by atoms with Crippen LogP contribution in [0.5, 0.6) is 11.5 Å². The van der Waals surface area contributed by atoms with E-state index in [0.29, 0.717) is 19.1 Å². The molecule has 5 heteroatoms. The third-order valence-electron chi connectivity index (χ3n) is 3.48. The zero-order valence-electron chi connectivity index (χ0n) is 13.8. The molecule has 0 aliphatic carbocycles. The van der Waals surface area contributed by atoms with Crippen LogP contribution in [0.25, 0.3) is 0 Å². The molecule has 0 aliphatic heterocycles. The van der Waals surface area contributed by atoms with Crippen molar-refractivity contribution >= 4 is 11.6 Å². The number of benzene rings is 2. The molecule has 122 valence electrons. The Morgan fingerprint density at radius 3 is 2.39 bits per heavy atom.